The van der Waals surface area contributed by atoms with Crippen LogP contribution in [0.25, 0.3) is 0 Å². The molecule has 1 N–H and O–H groups in total. The largest absolute Gasteiger partial charge is 0.313 e. The van der Waals surface area contributed by atoms with Gasteiger partial charge in [-0.3, -0.25) is 4.68 Å². The number of aryl methyl sites for hydroxylation is 1. The van der Waals surface area contributed by atoms with Crippen LogP contribution >= 0.6 is 34.5 Å². The van der Waals surface area contributed by atoms with Crippen molar-refractivity contribution in [2.24, 2.45) is 0 Å². The molecule has 6 heteroatoms. The van der Waals surface area contributed by atoms with Gasteiger partial charge in [0.15, 0.2) is 0 Å². The van der Waals surface area contributed by atoms with E-state index in [0.717, 1.165) is 27.2 Å². The van der Waals surface area contributed by atoms with Crippen molar-refractivity contribution in [1.29, 1.82) is 0 Å². The monoisotopic (exact) mass is 303 g/mol. The highest BCUT2D eigenvalue weighted by Gasteiger charge is 2.17. The van der Waals surface area contributed by atoms with Gasteiger partial charge >= 0.3 is 0 Å². The van der Waals surface area contributed by atoms with Gasteiger partial charge in [0.05, 0.1) is 14.9 Å². The Labute approximate surface area is 121 Å². The van der Waals surface area contributed by atoms with Crippen LogP contribution in [0.4, 0.5) is 0 Å². The predicted molar refractivity (Wildman–Crippen MR) is 77.7 cm³/mol. The lowest BCUT2D eigenvalue weighted by molar-refractivity contribution is 0.593. The molecule has 0 aliphatic carbocycles. The number of nitrogens with one attached hydrogen (secondary N) is 1. The Morgan fingerprint density at radius 3 is 2.78 bits per heavy atom. The van der Waals surface area contributed by atoms with E-state index in [-0.39, 0.29) is 6.04 Å². The van der Waals surface area contributed by atoms with Crippen LogP contribution in [-0.2, 0) is 13.0 Å². The molecule has 0 radical (unpaired) electrons. The Hall–Kier alpha value is -0.550. The minimum absolute atomic E-state index is 0.163. The zero-order valence-corrected chi connectivity index (χ0v) is 12.6. The molecule has 98 valence electrons. The quantitative estimate of drug-likeness (QED) is 0.911. The van der Waals surface area contributed by atoms with Crippen LogP contribution in [0.2, 0.25) is 8.67 Å². The molecule has 2 rings (SSSR count). The van der Waals surface area contributed by atoms with Gasteiger partial charge in [0.25, 0.3) is 0 Å². The summed E-state index contributed by atoms with van der Waals surface area (Å²) in [6.45, 7) is 2.96. The van der Waals surface area contributed by atoms with Gasteiger partial charge in [0, 0.05) is 24.3 Å². The average molecular weight is 304 g/mol. The van der Waals surface area contributed by atoms with E-state index in [1.807, 2.05) is 24.0 Å². The highest BCUT2D eigenvalue weighted by molar-refractivity contribution is 7.20. The fourth-order valence-electron chi connectivity index (χ4n) is 1.88. The Morgan fingerprint density at radius 1 is 1.50 bits per heavy atom. The third kappa shape index (κ3) is 3.06. The molecule has 1 unspecified atom stereocenters. The van der Waals surface area contributed by atoms with Crippen molar-refractivity contribution in [3.8, 4) is 0 Å². The van der Waals surface area contributed by atoms with Gasteiger partial charge in [-0.05, 0) is 32.0 Å². The van der Waals surface area contributed by atoms with Crippen molar-refractivity contribution in [1.82, 2.24) is 15.1 Å². The standard InChI is InChI=1S/C12H15Cl2N3S/c1-3-17-7-8(6-16-17)4-10(15-2)9-5-11(13)18-12(9)14/h5-7,10,15H,3-4H2,1-2H3. The summed E-state index contributed by atoms with van der Waals surface area (Å²) in [5, 5.41) is 7.55. The van der Waals surface area contributed by atoms with Crippen LogP contribution < -0.4 is 5.32 Å². The minimum Gasteiger partial charge on any atom is -0.313 e. The van der Waals surface area contributed by atoms with E-state index in [0.29, 0.717) is 0 Å². The summed E-state index contributed by atoms with van der Waals surface area (Å²) in [7, 11) is 1.93. The number of likely N-dealkylation sites (N-methyl/N-ethyl adjacent to an activating group) is 1. The Balaban J connectivity index is 2.16. The molecule has 3 nitrogen and oxygen atoms in total. The van der Waals surface area contributed by atoms with Crippen LogP contribution in [0.5, 0.6) is 0 Å². The molecule has 0 aliphatic heterocycles. The van der Waals surface area contributed by atoms with Gasteiger partial charge in [0.2, 0.25) is 0 Å². The maximum atomic E-state index is 6.19. The molecule has 0 spiro atoms. The molecular weight excluding hydrogens is 289 g/mol. The average Bonchev–Trinajstić information content (AvgIpc) is 2.92. The van der Waals surface area contributed by atoms with Gasteiger partial charge in [-0.15, -0.1) is 11.3 Å². The molecule has 0 amide bonds. The van der Waals surface area contributed by atoms with Gasteiger partial charge < -0.3 is 5.32 Å². The van der Waals surface area contributed by atoms with E-state index >= 15 is 0 Å². The van der Waals surface area contributed by atoms with Crippen LogP contribution in [0.1, 0.15) is 24.1 Å². The van der Waals surface area contributed by atoms with Gasteiger partial charge in [-0.1, -0.05) is 23.2 Å². The second-order valence-corrected chi connectivity index (χ2v) is 6.31. The number of halogens is 2. The molecule has 0 aromatic carbocycles. The molecule has 0 aliphatic rings. The zero-order valence-electron chi connectivity index (χ0n) is 10.3. The summed E-state index contributed by atoms with van der Waals surface area (Å²) in [4.78, 5) is 0. The van der Waals surface area contributed by atoms with Crippen molar-refractivity contribution in [3.63, 3.8) is 0 Å². The minimum atomic E-state index is 0.163. The summed E-state index contributed by atoms with van der Waals surface area (Å²) >= 11 is 13.6. The first-order valence-corrected chi connectivity index (χ1v) is 7.34. The smallest absolute Gasteiger partial charge is 0.0992 e. The molecule has 0 fully saturated rings. The normalized spacial score (nSPS) is 12.9. The highest BCUT2D eigenvalue weighted by atomic mass is 35.5. The second kappa shape index (κ2) is 6.06. The lowest BCUT2D eigenvalue weighted by Crippen LogP contribution is -2.18. The van der Waals surface area contributed by atoms with Crippen molar-refractivity contribution >= 4 is 34.5 Å². The second-order valence-electron chi connectivity index (χ2n) is 4.03. The number of thiophene rings is 1. The first-order valence-electron chi connectivity index (χ1n) is 5.77. The maximum absolute atomic E-state index is 6.19. The summed E-state index contributed by atoms with van der Waals surface area (Å²) in [6.07, 6.45) is 4.81. The first-order chi connectivity index (χ1) is 8.63. The maximum Gasteiger partial charge on any atom is 0.0992 e. The third-order valence-corrected chi connectivity index (χ3v) is 4.38. The van der Waals surface area contributed by atoms with Crippen LogP contribution in [0.3, 0.4) is 0 Å². The molecule has 18 heavy (non-hydrogen) atoms. The summed E-state index contributed by atoms with van der Waals surface area (Å²) in [5.41, 5.74) is 2.24. The van der Waals surface area contributed by atoms with E-state index in [2.05, 4.69) is 23.5 Å². The zero-order chi connectivity index (χ0) is 13.1. The molecule has 0 bridgehead atoms. The van der Waals surface area contributed by atoms with Crippen molar-refractivity contribution < 1.29 is 0 Å². The molecule has 2 aromatic heterocycles. The van der Waals surface area contributed by atoms with Crippen LogP contribution in [0.15, 0.2) is 18.5 Å². The third-order valence-electron chi connectivity index (χ3n) is 2.86. The number of hydrogen-bond donors (Lipinski definition) is 1. The fourth-order valence-corrected chi connectivity index (χ4v) is 3.46. The van der Waals surface area contributed by atoms with E-state index in [9.17, 15) is 0 Å². The molecule has 0 saturated heterocycles. The molecule has 2 heterocycles. The van der Waals surface area contributed by atoms with Gasteiger partial charge in [-0.2, -0.15) is 5.10 Å². The van der Waals surface area contributed by atoms with E-state index in [1.165, 1.54) is 16.9 Å². The lowest BCUT2D eigenvalue weighted by Gasteiger charge is -2.14. The molecule has 2 aromatic rings. The topological polar surface area (TPSA) is 29.9 Å². The Kier molecular flexibility index (Phi) is 4.67. The van der Waals surface area contributed by atoms with Crippen molar-refractivity contribution in [2.45, 2.75) is 25.9 Å². The van der Waals surface area contributed by atoms with Crippen molar-refractivity contribution in [2.75, 3.05) is 7.05 Å². The van der Waals surface area contributed by atoms with Gasteiger partial charge in [0.1, 0.15) is 0 Å². The summed E-state index contributed by atoms with van der Waals surface area (Å²) in [6, 6.07) is 2.09. The molecule has 0 saturated carbocycles. The SMILES string of the molecule is CCn1cc(CC(NC)c2cc(Cl)sc2Cl)cn1. The molecular formula is C12H15Cl2N3S. The van der Waals surface area contributed by atoms with Crippen molar-refractivity contribution in [3.05, 3.63) is 38.3 Å². The summed E-state index contributed by atoms with van der Waals surface area (Å²) < 4.78 is 3.39. The lowest BCUT2D eigenvalue weighted by atomic mass is 10.0. The number of hydrogen-bond acceptors (Lipinski definition) is 3. The first kappa shape index (κ1) is 13.9. The highest BCUT2D eigenvalue weighted by Crippen LogP contribution is 2.35. The number of rotatable bonds is 5. The number of nitrogens with zero attached hydrogens (tertiary/aromatic N) is 2. The van der Waals surface area contributed by atoms with Crippen LogP contribution in [-0.4, -0.2) is 16.8 Å². The Bertz CT molecular complexity index is 521. The summed E-state index contributed by atoms with van der Waals surface area (Å²) in [5.74, 6) is 0. The van der Waals surface area contributed by atoms with E-state index in [4.69, 9.17) is 23.2 Å². The fraction of sp³-hybridized carbons (Fsp3) is 0.417. The van der Waals surface area contributed by atoms with E-state index in [1.54, 1.807) is 0 Å². The number of aromatic nitrogens is 2. The Morgan fingerprint density at radius 2 is 2.28 bits per heavy atom. The predicted octanol–water partition coefficient (Wildman–Crippen LogP) is 3.77. The molecule has 1 atom stereocenters. The van der Waals surface area contributed by atoms with E-state index < -0.39 is 0 Å². The van der Waals surface area contributed by atoms with Gasteiger partial charge in [-0.25, -0.2) is 0 Å². The van der Waals surface area contributed by atoms with Crippen LogP contribution in [0, 0.1) is 0 Å².